The minimum atomic E-state index is -4.03. The Morgan fingerprint density at radius 3 is 2.35 bits per heavy atom. The van der Waals surface area contributed by atoms with Crippen LogP contribution < -0.4 is 10.6 Å². The van der Waals surface area contributed by atoms with E-state index in [-0.39, 0.29) is 12.4 Å². The lowest BCUT2D eigenvalue weighted by Crippen LogP contribution is -2.38. The molecule has 0 radical (unpaired) electrons. The van der Waals surface area contributed by atoms with E-state index in [0.29, 0.717) is 5.56 Å². The van der Waals surface area contributed by atoms with Crippen molar-refractivity contribution in [3.63, 3.8) is 0 Å². The Morgan fingerprint density at radius 1 is 1.24 bits per heavy atom. The SMILES string of the molecule is NCc1cccnc1N1CC(F)(F)C(F)(F)C1. The molecule has 3 nitrogen and oxygen atoms in total. The van der Waals surface area contributed by atoms with Crippen LogP contribution in [0.15, 0.2) is 18.3 Å². The first-order chi connectivity index (χ1) is 7.87. The number of hydrogen-bond donors (Lipinski definition) is 1. The van der Waals surface area contributed by atoms with Crippen molar-refractivity contribution in [1.82, 2.24) is 4.98 Å². The zero-order chi connectivity index (χ0) is 12.7. The van der Waals surface area contributed by atoms with E-state index in [9.17, 15) is 17.6 Å². The van der Waals surface area contributed by atoms with Crippen LogP contribution in [0.2, 0.25) is 0 Å². The van der Waals surface area contributed by atoms with Gasteiger partial charge in [-0.2, -0.15) is 17.6 Å². The number of aromatic nitrogens is 1. The summed E-state index contributed by atoms with van der Waals surface area (Å²) in [5.41, 5.74) is 5.88. The summed E-state index contributed by atoms with van der Waals surface area (Å²) < 4.78 is 52.2. The molecule has 1 aliphatic rings. The molecule has 1 aromatic heterocycles. The molecule has 1 fully saturated rings. The number of pyridine rings is 1. The van der Waals surface area contributed by atoms with Crippen LogP contribution in [0.25, 0.3) is 0 Å². The van der Waals surface area contributed by atoms with E-state index < -0.39 is 24.9 Å². The van der Waals surface area contributed by atoms with Crippen molar-refractivity contribution in [2.24, 2.45) is 5.73 Å². The van der Waals surface area contributed by atoms with Gasteiger partial charge in [-0.25, -0.2) is 4.98 Å². The molecule has 7 heteroatoms. The number of nitrogens with zero attached hydrogens (tertiary/aromatic N) is 2. The molecule has 1 aliphatic heterocycles. The lowest BCUT2D eigenvalue weighted by Gasteiger charge is -2.18. The smallest absolute Gasteiger partial charge is 0.329 e. The normalized spacial score (nSPS) is 21.8. The highest BCUT2D eigenvalue weighted by Gasteiger charge is 2.63. The molecule has 1 aromatic rings. The number of anilines is 1. The first-order valence-electron chi connectivity index (χ1n) is 5.02. The molecule has 0 spiro atoms. The summed E-state index contributed by atoms with van der Waals surface area (Å²) in [5, 5.41) is 0. The molecule has 2 N–H and O–H groups in total. The Morgan fingerprint density at radius 2 is 1.82 bits per heavy atom. The van der Waals surface area contributed by atoms with Crippen LogP contribution in [0.5, 0.6) is 0 Å². The summed E-state index contributed by atoms with van der Waals surface area (Å²) in [6, 6.07) is 3.16. The third kappa shape index (κ3) is 1.95. The van der Waals surface area contributed by atoms with Gasteiger partial charge in [-0.1, -0.05) is 6.07 Å². The Kier molecular flexibility index (Phi) is 2.73. The fourth-order valence-electron chi connectivity index (χ4n) is 1.79. The number of halogens is 4. The average molecular weight is 249 g/mol. The maximum absolute atomic E-state index is 13.0. The van der Waals surface area contributed by atoms with Crippen molar-refractivity contribution in [1.29, 1.82) is 0 Å². The lowest BCUT2D eigenvalue weighted by molar-refractivity contribution is -0.172. The largest absolute Gasteiger partial charge is 0.344 e. The van der Waals surface area contributed by atoms with Crippen molar-refractivity contribution >= 4 is 5.82 Å². The fourth-order valence-corrected chi connectivity index (χ4v) is 1.79. The highest BCUT2D eigenvalue weighted by molar-refractivity contribution is 5.49. The minimum Gasteiger partial charge on any atom is -0.344 e. The quantitative estimate of drug-likeness (QED) is 0.810. The van der Waals surface area contributed by atoms with E-state index in [1.54, 1.807) is 12.1 Å². The van der Waals surface area contributed by atoms with Crippen LogP contribution in [-0.2, 0) is 6.54 Å². The third-order valence-corrected chi connectivity index (χ3v) is 2.70. The van der Waals surface area contributed by atoms with Crippen molar-refractivity contribution in [3.05, 3.63) is 23.9 Å². The van der Waals surface area contributed by atoms with Gasteiger partial charge in [-0.15, -0.1) is 0 Å². The summed E-state index contributed by atoms with van der Waals surface area (Å²) in [6.45, 7) is -2.01. The topological polar surface area (TPSA) is 42.1 Å². The summed E-state index contributed by atoms with van der Waals surface area (Å²) in [7, 11) is 0. The Labute approximate surface area is 95.2 Å². The molecule has 94 valence electrons. The van der Waals surface area contributed by atoms with Crippen LogP contribution >= 0.6 is 0 Å². The summed E-state index contributed by atoms with van der Waals surface area (Å²) in [6.07, 6.45) is 1.36. The Balaban J connectivity index is 2.32. The fraction of sp³-hybridized carbons (Fsp3) is 0.500. The molecule has 0 atom stereocenters. The highest BCUT2D eigenvalue weighted by atomic mass is 19.3. The number of alkyl halides is 4. The van der Waals surface area contributed by atoms with Crippen molar-refractivity contribution in [3.8, 4) is 0 Å². The number of hydrogen-bond acceptors (Lipinski definition) is 3. The van der Waals surface area contributed by atoms with Gasteiger partial charge in [0, 0.05) is 18.3 Å². The standard InChI is InChI=1S/C10H11F4N3/c11-9(12)5-17(6-10(9,13)14)8-7(4-15)2-1-3-16-8/h1-3H,4-6,15H2. The maximum Gasteiger partial charge on any atom is 0.329 e. The van der Waals surface area contributed by atoms with Gasteiger partial charge in [0.15, 0.2) is 0 Å². The molecule has 1 saturated heterocycles. The summed E-state index contributed by atoms with van der Waals surface area (Å²) in [4.78, 5) is 4.72. The molecule has 0 amide bonds. The summed E-state index contributed by atoms with van der Waals surface area (Å²) in [5.74, 6) is -7.96. The van der Waals surface area contributed by atoms with Crippen molar-refractivity contribution in [2.75, 3.05) is 18.0 Å². The second kappa shape index (κ2) is 3.83. The van der Waals surface area contributed by atoms with Crippen LogP contribution in [0.4, 0.5) is 23.4 Å². The van der Waals surface area contributed by atoms with Gasteiger partial charge in [-0.3, -0.25) is 0 Å². The molecular weight excluding hydrogens is 238 g/mol. The van der Waals surface area contributed by atoms with Gasteiger partial charge in [0.05, 0.1) is 13.1 Å². The predicted octanol–water partition coefficient (Wildman–Crippen LogP) is 1.63. The predicted molar refractivity (Wildman–Crippen MR) is 54.2 cm³/mol. The molecule has 0 unspecified atom stereocenters. The highest BCUT2D eigenvalue weighted by Crippen LogP contribution is 2.42. The van der Waals surface area contributed by atoms with E-state index >= 15 is 0 Å². The zero-order valence-corrected chi connectivity index (χ0v) is 8.84. The van der Waals surface area contributed by atoms with Crippen molar-refractivity contribution < 1.29 is 17.6 Å². The van der Waals surface area contributed by atoms with Crippen molar-refractivity contribution in [2.45, 2.75) is 18.4 Å². The summed E-state index contributed by atoms with van der Waals surface area (Å²) >= 11 is 0. The molecule has 17 heavy (non-hydrogen) atoms. The third-order valence-electron chi connectivity index (χ3n) is 2.70. The van der Waals surface area contributed by atoms with Gasteiger partial charge in [0.25, 0.3) is 0 Å². The van der Waals surface area contributed by atoms with Crippen LogP contribution in [0, 0.1) is 0 Å². The van der Waals surface area contributed by atoms with E-state index in [1.807, 2.05) is 0 Å². The maximum atomic E-state index is 13.0. The molecule has 0 saturated carbocycles. The Hall–Kier alpha value is -1.37. The van der Waals surface area contributed by atoms with Gasteiger partial charge < -0.3 is 10.6 Å². The van der Waals surface area contributed by atoms with Gasteiger partial charge >= 0.3 is 11.8 Å². The van der Waals surface area contributed by atoms with Crippen LogP contribution in [0.3, 0.4) is 0 Å². The molecule has 0 aliphatic carbocycles. The van der Waals surface area contributed by atoms with E-state index in [2.05, 4.69) is 4.98 Å². The monoisotopic (exact) mass is 249 g/mol. The molecule has 0 bridgehead atoms. The molecule has 2 heterocycles. The number of rotatable bonds is 2. The first kappa shape index (κ1) is 12.1. The van der Waals surface area contributed by atoms with Crippen LogP contribution in [0.1, 0.15) is 5.56 Å². The molecular formula is C10H11F4N3. The van der Waals surface area contributed by atoms with E-state index in [4.69, 9.17) is 5.73 Å². The molecule has 2 rings (SSSR count). The average Bonchev–Trinajstić information content (AvgIpc) is 2.48. The first-order valence-corrected chi connectivity index (χ1v) is 5.02. The number of nitrogens with two attached hydrogens (primary N) is 1. The van der Waals surface area contributed by atoms with Gasteiger partial charge in [0.2, 0.25) is 0 Å². The molecule has 0 aromatic carbocycles. The van der Waals surface area contributed by atoms with E-state index in [1.165, 1.54) is 6.20 Å². The van der Waals surface area contributed by atoms with Crippen LogP contribution in [-0.4, -0.2) is 29.9 Å². The zero-order valence-electron chi connectivity index (χ0n) is 8.84. The van der Waals surface area contributed by atoms with Gasteiger partial charge in [0.1, 0.15) is 5.82 Å². The lowest BCUT2D eigenvalue weighted by atomic mass is 10.2. The minimum absolute atomic E-state index is 0.0663. The second-order valence-corrected chi connectivity index (χ2v) is 3.96. The second-order valence-electron chi connectivity index (χ2n) is 3.96. The Bertz CT molecular complexity index is 406. The van der Waals surface area contributed by atoms with E-state index in [0.717, 1.165) is 4.90 Å². The van der Waals surface area contributed by atoms with Gasteiger partial charge in [-0.05, 0) is 6.07 Å².